The van der Waals surface area contributed by atoms with Crippen LogP contribution >= 0.6 is 0 Å². The van der Waals surface area contributed by atoms with Crippen molar-refractivity contribution in [2.75, 3.05) is 6.26 Å². The highest BCUT2D eigenvalue weighted by Crippen LogP contribution is 2.30. The zero-order valence-electron chi connectivity index (χ0n) is 13.4. The van der Waals surface area contributed by atoms with Gasteiger partial charge in [-0.3, -0.25) is 4.79 Å². The third-order valence-corrected chi connectivity index (χ3v) is 3.94. The van der Waals surface area contributed by atoms with Gasteiger partial charge in [-0.2, -0.15) is 0 Å². The molecule has 0 aliphatic rings. The van der Waals surface area contributed by atoms with Crippen molar-refractivity contribution in [1.82, 2.24) is 9.71 Å². The molecule has 0 unspecified atom stereocenters. The Bertz CT molecular complexity index is 1110. The number of amides is 1. The maximum absolute atomic E-state index is 14.3. The summed E-state index contributed by atoms with van der Waals surface area (Å²) in [4.78, 5) is 15.7. The van der Waals surface area contributed by atoms with Crippen molar-refractivity contribution in [3.8, 4) is 11.6 Å². The lowest BCUT2D eigenvalue weighted by atomic mass is 10.1. The van der Waals surface area contributed by atoms with Gasteiger partial charge in [0.25, 0.3) is 5.91 Å². The molecule has 3 rings (SSSR count). The Balaban J connectivity index is 1.97. The molecule has 0 spiro atoms. The topological polar surface area (TPSA) is 85.4 Å². The summed E-state index contributed by atoms with van der Waals surface area (Å²) >= 11 is 0. The molecule has 2 aromatic carbocycles. The van der Waals surface area contributed by atoms with E-state index < -0.39 is 38.9 Å². The Kier molecular flexibility index (Phi) is 4.56. The molecule has 3 aromatic rings. The van der Waals surface area contributed by atoms with E-state index in [0.29, 0.717) is 17.5 Å². The second-order valence-corrected chi connectivity index (χ2v) is 7.15. The first-order valence-electron chi connectivity index (χ1n) is 7.27. The summed E-state index contributed by atoms with van der Waals surface area (Å²) in [5.74, 6) is -3.88. The monoisotopic (exact) mass is 378 g/mol. The van der Waals surface area contributed by atoms with Gasteiger partial charge in [0.15, 0.2) is 11.6 Å². The Morgan fingerprint density at radius 3 is 2.58 bits per heavy atom. The van der Waals surface area contributed by atoms with Crippen LogP contribution in [-0.2, 0) is 10.0 Å². The van der Waals surface area contributed by atoms with Crippen LogP contribution in [0, 0.1) is 11.6 Å². The van der Waals surface area contributed by atoms with Crippen LogP contribution in [-0.4, -0.2) is 25.6 Å². The zero-order chi connectivity index (χ0) is 18.9. The predicted octanol–water partition coefficient (Wildman–Crippen LogP) is 2.99. The Labute approximate surface area is 147 Å². The summed E-state index contributed by atoms with van der Waals surface area (Å²) in [6.45, 7) is 0. The third-order valence-electron chi connectivity index (χ3n) is 3.39. The van der Waals surface area contributed by atoms with Gasteiger partial charge in [0.05, 0.1) is 11.8 Å². The number of hydrogen-bond donors (Lipinski definition) is 1. The summed E-state index contributed by atoms with van der Waals surface area (Å²) in [5, 5.41) is 1.39. The molecule has 134 valence electrons. The standard InChI is InChI=1S/C17H12F2N2O4S/c1-26(23,24)21-16(22)12-8-14(19)15(9-13(12)18)25-17-11-5-3-2-4-10(11)6-7-20-17/h2-9H,1H3,(H,21,22). The SMILES string of the molecule is CS(=O)(=O)NC(=O)c1cc(F)c(Oc2nccc3ccccc23)cc1F. The lowest BCUT2D eigenvalue weighted by Gasteiger charge is -2.10. The van der Waals surface area contributed by atoms with E-state index in [1.54, 1.807) is 29.0 Å². The largest absolute Gasteiger partial charge is 0.435 e. The summed E-state index contributed by atoms with van der Waals surface area (Å²) in [7, 11) is -3.91. The smallest absolute Gasteiger partial charge is 0.267 e. The Morgan fingerprint density at radius 1 is 1.12 bits per heavy atom. The van der Waals surface area contributed by atoms with Crippen LogP contribution in [0.4, 0.5) is 8.78 Å². The number of rotatable bonds is 4. The molecule has 0 atom stereocenters. The van der Waals surface area contributed by atoms with E-state index in [0.717, 1.165) is 11.6 Å². The van der Waals surface area contributed by atoms with E-state index >= 15 is 0 Å². The van der Waals surface area contributed by atoms with Crippen LogP contribution < -0.4 is 9.46 Å². The minimum atomic E-state index is -3.91. The molecule has 0 radical (unpaired) electrons. The van der Waals surface area contributed by atoms with Gasteiger partial charge in [-0.05, 0) is 23.6 Å². The van der Waals surface area contributed by atoms with Crippen LogP contribution in [0.1, 0.15) is 10.4 Å². The minimum Gasteiger partial charge on any atom is -0.435 e. The molecule has 0 fully saturated rings. The number of benzene rings is 2. The number of carbonyl (C=O) groups is 1. The Hall–Kier alpha value is -3.07. The molecule has 1 aromatic heterocycles. The molecule has 0 saturated heterocycles. The van der Waals surface area contributed by atoms with E-state index in [2.05, 4.69) is 4.98 Å². The highest BCUT2D eigenvalue weighted by molar-refractivity contribution is 7.89. The van der Waals surface area contributed by atoms with Gasteiger partial charge in [0.2, 0.25) is 15.9 Å². The molecular formula is C17H12F2N2O4S. The molecule has 26 heavy (non-hydrogen) atoms. The first-order valence-corrected chi connectivity index (χ1v) is 9.16. The lowest BCUT2D eigenvalue weighted by Crippen LogP contribution is -2.30. The number of sulfonamides is 1. The number of halogens is 2. The molecule has 6 nitrogen and oxygen atoms in total. The van der Waals surface area contributed by atoms with Crippen LogP contribution in [0.3, 0.4) is 0 Å². The second-order valence-electron chi connectivity index (χ2n) is 5.41. The van der Waals surface area contributed by atoms with E-state index in [1.165, 1.54) is 6.20 Å². The minimum absolute atomic E-state index is 0.0646. The van der Waals surface area contributed by atoms with E-state index in [4.69, 9.17) is 4.74 Å². The molecule has 1 heterocycles. The number of hydrogen-bond acceptors (Lipinski definition) is 5. The molecule has 0 aliphatic carbocycles. The number of ether oxygens (including phenoxy) is 1. The normalized spacial score (nSPS) is 11.3. The van der Waals surface area contributed by atoms with Crippen molar-refractivity contribution >= 4 is 26.7 Å². The van der Waals surface area contributed by atoms with E-state index in [1.807, 2.05) is 6.07 Å². The number of fused-ring (bicyclic) bond motifs is 1. The number of pyridine rings is 1. The highest BCUT2D eigenvalue weighted by atomic mass is 32.2. The summed E-state index contributed by atoms with van der Waals surface area (Å²) in [5.41, 5.74) is -0.758. The van der Waals surface area contributed by atoms with Gasteiger partial charge in [-0.15, -0.1) is 0 Å². The van der Waals surface area contributed by atoms with Crippen LogP contribution in [0.2, 0.25) is 0 Å². The average Bonchev–Trinajstić information content (AvgIpc) is 2.56. The van der Waals surface area contributed by atoms with Crippen molar-refractivity contribution < 1.29 is 26.7 Å². The molecule has 0 saturated carbocycles. The molecule has 9 heteroatoms. The lowest BCUT2D eigenvalue weighted by molar-refractivity contribution is 0.0977. The maximum Gasteiger partial charge on any atom is 0.267 e. The van der Waals surface area contributed by atoms with Crippen LogP contribution in [0.15, 0.2) is 48.7 Å². The summed E-state index contributed by atoms with van der Waals surface area (Å²) in [6.07, 6.45) is 2.18. The van der Waals surface area contributed by atoms with Crippen LogP contribution in [0.25, 0.3) is 10.8 Å². The fourth-order valence-corrected chi connectivity index (χ4v) is 2.73. The first kappa shape index (κ1) is 17.7. The molecule has 1 amide bonds. The van der Waals surface area contributed by atoms with Crippen molar-refractivity contribution in [3.05, 3.63) is 65.9 Å². The maximum atomic E-state index is 14.3. The van der Waals surface area contributed by atoms with Gasteiger partial charge in [0, 0.05) is 17.6 Å². The van der Waals surface area contributed by atoms with Crippen molar-refractivity contribution in [2.24, 2.45) is 0 Å². The van der Waals surface area contributed by atoms with Gasteiger partial charge in [-0.25, -0.2) is 26.9 Å². The van der Waals surface area contributed by atoms with Crippen molar-refractivity contribution in [1.29, 1.82) is 0 Å². The van der Waals surface area contributed by atoms with E-state index in [-0.39, 0.29) is 5.88 Å². The first-order chi connectivity index (χ1) is 12.2. The fourth-order valence-electron chi connectivity index (χ4n) is 2.28. The quantitative estimate of drug-likeness (QED) is 0.754. The van der Waals surface area contributed by atoms with Crippen molar-refractivity contribution in [3.63, 3.8) is 0 Å². The zero-order valence-corrected chi connectivity index (χ0v) is 14.2. The molecular weight excluding hydrogens is 366 g/mol. The summed E-state index contributed by atoms with van der Waals surface area (Å²) < 4.78 is 57.5. The number of nitrogens with zero attached hydrogens (tertiary/aromatic N) is 1. The van der Waals surface area contributed by atoms with Gasteiger partial charge in [0.1, 0.15) is 5.82 Å². The predicted molar refractivity (Wildman–Crippen MR) is 90.5 cm³/mol. The van der Waals surface area contributed by atoms with Crippen LogP contribution in [0.5, 0.6) is 11.6 Å². The molecule has 0 bridgehead atoms. The van der Waals surface area contributed by atoms with Gasteiger partial charge < -0.3 is 4.74 Å². The summed E-state index contributed by atoms with van der Waals surface area (Å²) in [6, 6.07) is 10.0. The third kappa shape index (κ3) is 3.77. The number of nitrogens with one attached hydrogen (secondary N) is 1. The number of aromatic nitrogens is 1. The van der Waals surface area contributed by atoms with Gasteiger partial charge >= 0.3 is 0 Å². The average molecular weight is 378 g/mol. The fraction of sp³-hybridized carbons (Fsp3) is 0.0588. The Morgan fingerprint density at radius 2 is 1.85 bits per heavy atom. The highest BCUT2D eigenvalue weighted by Gasteiger charge is 2.20. The van der Waals surface area contributed by atoms with Crippen molar-refractivity contribution in [2.45, 2.75) is 0 Å². The van der Waals surface area contributed by atoms with Gasteiger partial charge in [-0.1, -0.05) is 18.2 Å². The second kappa shape index (κ2) is 6.68. The number of carbonyl (C=O) groups excluding carboxylic acids is 1. The molecule has 0 aliphatic heterocycles. The van der Waals surface area contributed by atoms with E-state index in [9.17, 15) is 22.0 Å². The molecule has 1 N–H and O–H groups in total.